The van der Waals surface area contributed by atoms with E-state index in [0.29, 0.717) is 5.56 Å². The molecule has 1 heterocycles. The zero-order valence-electron chi connectivity index (χ0n) is 13.2. The number of hydrogen-bond acceptors (Lipinski definition) is 3. The van der Waals surface area contributed by atoms with Crippen LogP contribution in [0.3, 0.4) is 0 Å². The Morgan fingerprint density at radius 2 is 1.73 bits per heavy atom. The molecular weight excluding hydrogens is 280 g/mol. The Labute approximate surface area is 131 Å². The smallest absolute Gasteiger partial charge is 0.254 e. The van der Waals surface area contributed by atoms with E-state index in [4.69, 9.17) is 0 Å². The van der Waals surface area contributed by atoms with Gasteiger partial charge in [0, 0.05) is 13.1 Å². The lowest BCUT2D eigenvalue weighted by atomic mass is 10.0. The fourth-order valence-electron chi connectivity index (χ4n) is 2.67. The van der Waals surface area contributed by atoms with Crippen molar-refractivity contribution in [3.05, 3.63) is 35.9 Å². The van der Waals surface area contributed by atoms with Gasteiger partial charge in [-0.2, -0.15) is 0 Å². The largest absolute Gasteiger partial charge is 0.378 e. The van der Waals surface area contributed by atoms with Crippen LogP contribution in [-0.2, 0) is 9.59 Å². The van der Waals surface area contributed by atoms with Crippen molar-refractivity contribution in [2.24, 2.45) is 5.92 Å². The van der Waals surface area contributed by atoms with Crippen LogP contribution < -0.4 is 5.32 Å². The van der Waals surface area contributed by atoms with E-state index >= 15 is 0 Å². The minimum absolute atomic E-state index is 0.0278. The van der Waals surface area contributed by atoms with Gasteiger partial charge in [0.25, 0.3) is 5.91 Å². The summed E-state index contributed by atoms with van der Waals surface area (Å²) >= 11 is 0. The minimum Gasteiger partial charge on any atom is -0.378 e. The second-order valence-corrected chi connectivity index (χ2v) is 6.08. The van der Waals surface area contributed by atoms with Crippen molar-refractivity contribution in [2.75, 3.05) is 13.1 Å². The molecule has 1 aliphatic heterocycles. The predicted octanol–water partition coefficient (Wildman–Crippen LogP) is 1.48. The van der Waals surface area contributed by atoms with E-state index in [0.717, 1.165) is 25.9 Å². The van der Waals surface area contributed by atoms with Gasteiger partial charge in [0.05, 0.1) is 0 Å². The number of carbonyl (C=O) groups excluding carboxylic acids is 2. The molecule has 1 aromatic carbocycles. The number of amides is 2. The molecule has 2 rings (SSSR count). The monoisotopic (exact) mass is 304 g/mol. The number of hydrogen-bond donors (Lipinski definition) is 2. The Balaban J connectivity index is 2.04. The van der Waals surface area contributed by atoms with Gasteiger partial charge in [0.15, 0.2) is 6.10 Å². The second kappa shape index (κ2) is 7.40. The van der Waals surface area contributed by atoms with Crippen molar-refractivity contribution >= 4 is 11.8 Å². The molecule has 1 aliphatic rings. The predicted molar refractivity (Wildman–Crippen MR) is 84.0 cm³/mol. The molecular formula is C17H24N2O3. The quantitative estimate of drug-likeness (QED) is 0.866. The Morgan fingerprint density at radius 1 is 1.14 bits per heavy atom. The number of nitrogens with zero attached hydrogens (tertiary/aromatic N) is 1. The van der Waals surface area contributed by atoms with Crippen LogP contribution in [0.2, 0.25) is 0 Å². The van der Waals surface area contributed by atoms with Crippen molar-refractivity contribution < 1.29 is 14.7 Å². The molecule has 0 spiro atoms. The third kappa shape index (κ3) is 3.85. The van der Waals surface area contributed by atoms with Gasteiger partial charge in [-0.15, -0.1) is 0 Å². The van der Waals surface area contributed by atoms with E-state index in [9.17, 15) is 14.7 Å². The maximum Gasteiger partial charge on any atom is 0.254 e. The molecule has 0 aliphatic carbocycles. The van der Waals surface area contributed by atoms with Gasteiger partial charge in [-0.1, -0.05) is 44.2 Å². The number of nitrogens with one attached hydrogen (secondary N) is 1. The van der Waals surface area contributed by atoms with E-state index in [1.807, 2.05) is 19.9 Å². The first-order valence-corrected chi connectivity index (χ1v) is 7.83. The highest BCUT2D eigenvalue weighted by molar-refractivity contribution is 5.90. The molecule has 0 aromatic heterocycles. The molecule has 5 nitrogen and oxygen atoms in total. The Kier molecular flexibility index (Phi) is 5.55. The van der Waals surface area contributed by atoms with Gasteiger partial charge >= 0.3 is 0 Å². The van der Waals surface area contributed by atoms with Crippen LogP contribution in [0, 0.1) is 5.92 Å². The van der Waals surface area contributed by atoms with Crippen LogP contribution in [-0.4, -0.2) is 41.0 Å². The standard InChI is InChI=1S/C17H24N2O3/c1-12(2)14(17(22)19-10-6-7-11-19)18-16(21)15(20)13-8-4-3-5-9-13/h3-5,8-9,12,14-15,20H,6-7,10-11H2,1-2H3,(H,18,21)/t14-,15?/m0/s1. The summed E-state index contributed by atoms with van der Waals surface area (Å²) in [4.78, 5) is 26.5. The molecule has 5 heteroatoms. The van der Waals surface area contributed by atoms with Gasteiger partial charge < -0.3 is 15.3 Å². The highest BCUT2D eigenvalue weighted by Gasteiger charge is 2.31. The van der Waals surface area contributed by atoms with Crippen LogP contribution in [0.15, 0.2) is 30.3 Å². The van der Waals surface area contributed by atoms with Crippen molar-refractivity contribution in [3.63, 3.8) is 0 Å². The number of rotatable bonds is 5. The first-order chi connectivity index (χ1) is 10.5. The first-order valence-electron chi connectivity index (χ1n) is 7.83. The van der Waals surface area contributed by atoms with Gasteiger partial charge in [-0.3, -0.25) is 9.59 Å². The maximum absolute atomic E-state index is 12.5. The fraction of sp³-hybridized carbons (Fsp3) is 0.529. The molecule has 1 unspecified atom stereocenters. The van der Waals surface area contributed by atoms with Gasteiger partial charge in [0.2, 0.25) is 5.91 Å². The molecule has 2 N–H and O–H groups in total. The minimum atomic E-state index is -1.26. The first kappa shape index (κ1) is 16.5. The summed E-state index contributed by atoms with van der Waals surface area (Å²) in [5.41, 5.74) is 0.524. The summed E-state index contributed by atoms with van der Waals surface area (Å²) in [6.45, 7) is 5.29. The molecule has 22 heavy (non-hydrogen) atoms. The highest BCUT2D eigenvalue weighted by atomic mass is 16.3. The number of aliphatic hydroxyl groups is 1. The SMILES string of the molecule is CC(C)[C@H](NC(=O)C(O)c1ccccc1)C(=O)N1CCCC1. The lowest BCUT2D eigenvalue weighted by Gasteiger charge is -2.27. The second-order valence-electron chi connectivity index (χ2n) is 6.08. The Morgan fingerprint density at radius 3 is 2.27 bits per heavy atom. The van der Waals surface area contributed by atoms with Crippen LogP contribution in [0.25, 0.3) is 0 Å². The van der Waals surface area contributed by atoms with Gasteiger partial charge in [-0.05, 0) is 24.3 Å². The third-order valence-corrected chi connectivity index (χ3v) is 4.01. The van der Waals surface area contributed by atoms with Gasteiger partial charge in [-0.25, -0.2) is 0 Å². The van der Waals surface area contributed by atoms with Crippen LogP contribution in [0.4, 0.5) is 0 Å². The number of benzene rings is 1. The highest BCUT2D eigenvalue weighted by Crippen LogP contribution is 2.16. The van der Waals surface area contributed by atoms with E-state index in [2.05, 4.69) is 5.32 Å². The molecule has 1 fully saturated rings. The summed E-state index contributed by atoms with van der Waals surface area (Å²) in [5.74, 6) is -0.612. The fourth-order valence-corrected chi connectivity index (χ4v) is 2.67. The maximum atomic E-state index is 12.5. The molecule has 0 saturated carbocycles. The van der Waals surface area contributed by atoms with E-state index in [-0.39, 0.29) is 11.8 Å². The Hall–Kier alpha value is -1.88. The van der Waals surface area contributed by atoms with E-state index < -0.39 is 18.1 Å². The zero-order valence-corrected chi connectivity index (χ0v) is 13.2. The molecule has 0 radical (unpaired) electrons. The molecule has 2 amide bonds. The van der Waals surface area contributed by atoms with Crippen LogP contribution >= 0.6 is 0 Å². The van der Waals surface area contributed by atoms with Crippen molar-refractivity contribution in [2.45, 2.75) is 38.8 Å². The van der Waals surface area contributed by atoms with Crippen molar-refractivity contribution in [1.82, 2.24) is 10.2 Å². The molecule has 1 saturated heterocycles. The number of likely N-dealkylation sites (tertiary alicyclic amines) is 1. The van der Waals surface area contributed by atoms with Crippen LogP contribution in [0.5, 0.6) is 0 Å². The molecule has 120 valence electrons. The summed E-state index contributed by atoms with van der Waals surface area (Å²) in [7, 11) is 0. The third-order valence-electron chi connectivity index (χ3n) is 4.01. The lowest BCUT2D eigenvalue weighted by Crippen LogP contribution is -2.51. The summed E-state index contributed by atoms with van der Waals surface area (Å²) in [6, 6.07) is 8.14. The summed E-state index contributed by atoms with van der Waals surface area (Å²) < 4.78 is 0. The molecule has 2 atom stereocenters. The van der Waals surface area contributed by atoms with Crippen molar-refractivity contribution in [1.29, 1.82) is 0 Å². The van der Waals surface area contributed by atoms with E-state index in [1.165, 1.54) is 0 Å². The summed E-state index contributed by atoms with van der Waals surface area (Å²) in [6.07, 6.45) is 0.766. The number of aliphatic hydroxyl groups excluding tert-OH is 1. The lowest BCUT2D eigenvalue weighted by molar-refractivity contribution is -0.139. The summed E-state index contributed by atoms with van der Waals surface area (Å²) in [5, 5.41) is 12.8. The molecule has 0 bridgehead atoms. The zero-order chi connectivity index (χ0) is 16.1. The molecule has 1 aromatic rings. The van der Waals surface area contributed by atoms with Crippen molar-refractivity contribution in [3.8, 4) is 0 Å². The average molecular weight is 304 g/mol. The normalized spacial score (nSPS) is 17.4. The topological polar surface area (TPSA) is 69.6 Å². The Bertz CT molecular complexity index is 510. The van der Waals surface area contributed by atoms with Gasteiger partial charge in [0.1, 0.15) is 6.04 Å². The van der Waals surface area contributed by atoms with Crippen LogP contribution in [0.1, 0.15) is 38.4 Å². The number of carbonyl (C=O) groups is 2. The van der Waals surface area contributed by atoms with E-state index in [1.54, 1.807) is 29.2 Å². The average Bonchev–Trinajstić information content (AvgIpc) is 3.06.